The third-order valence-electron chi connectivity index (χ3n) is 5.16. The molecule has 2 saturated heterocycles. The summed E-state index contributed by atoms with van der Waals surface area (Å²) in [4.78, 5) is 15.7. The molecule has 0 aromatic carbocycles. The van der Waals surface area contributed by atoms with Crippen molar-refractivity contribution in [3.63, 3.8) is 0 Å². The summed E-state index contributed by atoms with van der Waals surface area (Å²) < 4.78 is 19.8. The molecule has 4 unspecified atom stereocenters. The van der Waals surface area contributed by atoms with Crippen molar-refractivity contribution in [1.82, 2.24) is 15.1 Å². The van der Waals surface area contributed by atoms with Gasteiger partial charge in [-0.05, 0) is 12.8 Å². The van der Waals surface area contributed by atoms with Crippen molar-refractivity contribution in [3.8, 4) is 12.3 Å². The van der Waals surface area contributed by atoms with Gasteiger partial charge in [0.05, 0.1) is 6.54 Å². The fourth-order valence-electron chi connectivity index (χ4n) is 3.86. The molecule has 5 atom stereocenters. The Morgan fingerprint density at radius 2 is 2.13 bits per heavy atom. The van der Waals surface area contributed by atoms with Crippen LogP contribution >= 0.6 is 0 Å². The van der Waals surface area contributed by atoms with Crippen LogP contribution in [-0.4, -0.2) is 84.2 Å². The molecule has 0 spiro atoms. The molecule has 128 valence electrons. The number of terminal acetylenes is 1. The van der Waals surface area contributed by atoms with Crippen LogP contribution in [0.25, 0.3) is 0 Å². The molecule has 6 nitrogen and oxygen atoms in total. The van der Waals surface area contributed by atoms with Crippen molar-refractivity contribution < 1.29 is 19.0 Å². The average molecular weight is 325 g/mol. The van der Waals surface area contributed by atoms with Gasteiger partial charge in [0, 0.05) is 44.7 Å². The third kappa shape index (κ3) is 3.44. The van der Waals surface area contributed by atoms with Gasteiger partial charge in [0.1, 0.15) is 6.17 Å². The number of aliphatic hydroxyl groups is 1. The molecule has 2 aliphatic heterocycles. The predicted octanol–water partition coefficient (Wildman–Crippen LogP) is -0.0343. The summed E-state index contributed by atoms with van der Waals surface area (Å²) in [5.74, 6) is 2.17. The molecule has 0 radical (unpaired) electrons. The Morgan fingerprint density at radius 1 is 1.39 bits per heavy atom. The molecule has 3 aliphatic rings. The quantitative estimate of drug-likeness (QED) is 0.713. The van der Waals surface area contributed by atoms with Crippen LogP contribution in [0.5, 0.6) is 0 Å². The van der Waals surface area contributed by atoms with Crippen LogP contribution in [0.3, 0.4) is 0 Å². The first kappa shape index (κ1) is 16.5. The summed E-state index contributed by atoms with van der Waals surface area (Å²) in [6.45, 7) is 3.78. The van der Waals surface area contributed by atoms with Crippen LogP contribution in [0.2, 0.25) is 0 Å². The zero-order valence-electron chi connectivity index (χ0n) is 13.2. The lowest BCUT2D eigenvalue weighted by Crippen LogP contribution is -2.55. The van der Waals surface area contributed by atoms with E-state index in [2.05, 4.69) is 16.1 Å². The van der Waals surface area contributed by atoms with E-state index in [0.29, 0.717) is 6.42 Å². The smallest absolute Gasteiger partial charge is 0.410 e. The molecule has 7 heteroatoms. The normalized spacial score (nSPS) is 37.3. The Hall–Kier alpha value is -1.36. The first-order chi connectivity index (χ1) is 11.1. The summed E-state index contributed by atoms with van der Waals surface area (Å²) >= 11 is 0. The van der Waals surface area contributed by atoms with E-state index in [1.807, 2.05) is 0 Å². The summed E-state index contributed by atoms with van der Waals surface area (Å²) in [7, 11) is 0. The minimum absolute atomic E-state index is 0.0564. The van der Waals surface area contributed by atoms with Gasteiger partial charge in [0.2, 0.25) is 0 Å². The molecule has 2 heterocycles. The summed E-state index contributed by atoms with van der Waals surface area (Å²) in [5, 5.41) is 12.9. The third-order valence-corrected chi connectivity index (χ3v) is 5.16. The lowest BCUT2D eigenvalue weighted by molar-refractivity contribution is 0.0367. The number of alkyl halides is 1. The number of cyclic esters (lactones) is 1. The van der Waals surface area contributed by atoms with E-state index in [9.17, 15) is 14.3 Å². The van der Waals surface area contributed by atoms with Gasteiger partial charge in [-0.15, -0.1) is 6.42 Å². The number of aliphatic hydroxyl groups excluding tert-OH is 1. The highest BCUT2D eigenvalue weighted by Crippen LogP contribution is 2.31. The van der Waals surface area contributed by atoms with Crippen molar-refractivity contribution in [2.75, 3.05) is 32.7 Å². The lowest BCUT2D eigenvalue weighted by Gasteiger charge is -2.42. The monoisotopic (exact) mass is 325 g/mol. The van der Waals surface area contributed by atoms with E-state index in [4.69, 9.17) is 11.2 Å². The van der Waals surface area contributed by atoms with Crippen molar-refractivity contribution in [2.24, 2.45) is 0 Å². The number of hydrogen-bond donors (Lipinski definition) is 2. The summed E-state index contributed by atoms with van der Waals surface area (Å²) in [5.41, 5.74) is 0. The minimum atomic E-state index is -1.11. The number of carbonyl (C=O) groups excluding carboxylic acids is 1. The number of piperazine rings is 1. The number of carbonyl (C=O) groups is 1. The standard InChI is InChI=1S/C16H24FN3O3/c1-2-14(21)15-10-20(16(22)23-15)11-3-4-13(12(17)9-11)19-7-5-18-6-8-19/h1,11-15,18,21H,3-10H2/t11?,12?,13?,14?,15-/m1/s1. The molecule has 23 heavy (non-hydrogen) atoms. The first-order valence-electron chi connectivity index (χ1n) is 8.30. The maximum atomic E-state index is 14.7. The van der Waals surface area contributed by atoms with E-state index in [-0.39, 0.29) is 18.6 Å². The summed E-state index contributed by atoms with van der Waals surface area (Å²) in [6.07, 6.45) is 3.71. The van der Waals surface area contributed by atoms with Gasteiger partial charge in [-0.1, -0.05) is 5.92 Å². The molecule has 1 amide bonds. The molecule has 3 fully saturated rings. The van der Waals surface area contributed by atoms with Crippen LogP contribution in [0, 0.1) is 12.3 Å². The van der Waals surface area contributed by atoms with Crippen LogP contribution < -0.4 is 5.32 Å². The van der Waals surface area contributed by atoms with E-state index in [0.717, 1.165) is 39.0 Å². The van der Waals surface area contributed by atoms with Crippen molar-refractivity contribution in [3.05, 3.63) is 0 Å². The lowest BCUT2D eigenvalue weighted by atomic mass is 9.87. The molecular weight excluding hydrogens is 301 g/mol. The number of hydrogen-bond acceptors (Lipinski definition) is 5. The second kappa shape index (κ2) is 7.04. The Bertz CT molecular complexity index is 478. The first-order valence-corrected chi connectivity index (χ1v) is 8.30. The molecule has 1 saturated carbocycles. The SMILES string of the molecule is C#CC(O)[C@H]1CN(C2CCC(N3CCNCC3)C(F)C2)C(=O)O1. The molecule has 0 aromatic rings. The van der Waals surface area contributed by atoms with Crippen LogP contribution in [0.1, 0.15) is 19.3 Å². The van der Waals surface area contributed by atoms with Gasteiger partial charge >= 0.3 is 6.09 Å². The van der Waals surface area contributed by atoms with Gasteiger partial charge in [-0.25, -0.2) is 9.18 Å². The number of nitrogens with zero attached hydrogens (tertiary/aromatic N) is 2. The highest BCUT2D eigenvalue weighted by Gasteiger charge is 2.43. The molecule has 0 bridgehead atoms. The van der Waals surface area contributed by atoms with Crippen LogP contribution in [0.4, 0.5) is 9.18 Å². The molecule has 0 aromatic heterocycles. The highest BCUT2D eigenvalue weighted by atomic mass is 19.1. The van der Waals surface area contributed by atoms with Gasteiger partial charge < -0.3 is 20.1 Å². The van der Waals surface area contributed by atoms with E-state index >= 15 is 0 Å². The number of halogens is 1. The number of rotatable bonds is 3. The van der Waals surface area contributed by atoms with Gasteiger partial charge in [0.25, 0.3) is 0 Å². The van der Waals surface area contributed by atoms with Crippen LogP contribution in [0.15, 0.2) is 0 Å². The Balaban J connectivity index is 1.57. The van der Waals surface area contributed by atoms with E-state index in [1.165, 1.54) is 4.90 Å². The number of nitrogens with one attached hydrogen (secondary N) is 1. The van der Waals surface area contributed by atoms with Crippen LogP contribution in [-0.2, 0) is 4.74 Å². The maximum absolute atomic E-state index is 14.7. The molecular formula is C16H24FN3O3. The van der Waals surface area contributed by atoms with Gasteiger partial charge in [0.15, 0.2) is 12.2 Å². The van der Waals surface area contributed by atoms with Crippen molar-refractivity contribution >= 4 is 6.09 Å². The molecule has 1 aliphatic carbocycles. The minimum Gasteiger partial charge on any atom is -0.440 e. The van der Waals surface area contributed by atoms with Gasteiger partial charge in [-0.3, -0.25) is 4.90 Å². The Kier molecular flexibility index (Phi) is 5.05. The second-order valence-corrected chi connectivity index (χ2v) is 6.52. The predicted molar refractivity (Wildman–Crippen MR) is 82.6 cm³/mol. The largest absolute Gasteiger partial charge is 0.440 e. The highest BCUT2D eigenvalue weighted by molar-refractivity contribution is 5.70. The number of amides is 1. The zero-order valence-corrected chi connectivity index (χ0v) is 13.2. The Morgan fingerprint density at radius 3 is 2.78 bits per heavy atom. The second-order valence-electron chi connectivity index (χ2n) is 6.52. The van der Waals surface area contributed by atoms with E-state index in [1.54, 1.807) is 0 Å². The topological polar surface area (TPSA) is 65.0 Å². The van der Waals surface area contributed by atoms with E-state index < -0.39 is 24.5 Å². The zero-order chi connectivity index (χ0) is 16.4. The fraction of sp³-hybridized carbons (Fsp3) is 0.812. The van der Waals surface area contributed by atoms with Crippen molar-refractivity contribution in [2.45, 2.75) is 49.7 Å². The van der Waals surface area contributed by atoms with Crippen molar-refractivity contribution in [1.29, 1.82) is 0 Å². The molecule has 2 N–H and O–H groups in total. The summed E-state index contributed by atoms with van der Waals surface area (Å²) in [6, 6.07) is -0.231. The number of ether oxygens (including phenoxy) is 1. The average Bonchev–Trinajstić information content (AvgIpc) is 2.96. The molecule has 3 rings (SSSR count). The maximum Gasteiger partial charge on any atom is 0.410 e. The Labute approximate surface area is 135 Å². The van der Waals surface area contributed by atoms with Gasteiger partial charge in [-0.2, -0.15) is 0 Å². The fourth-order valence-corrected chi connectivity index (χ4v) is 3.86.